The summed E-state index contributed by atoms with van der Waals surface area (Å²) in [4.78, 5) is 22.9. The first-order chi connectivity index (χ1) is 7.99. The lowest BCUT2D eigenvalue weighted by Crippen LogP contribution is -2.34. The molecule has 0 saturated carbocycles. The Balaban J connectivity index is 2.51. The Hall–Kier alpha value is -1.49. The minimum absolute atomic E-state index is 0.265. The lowest BCUT2D eigenvalue weighted by atomic mass is 10.2. The van der Waals surface area contributed by atoms with E-state index in [0.717, 1.165) is 10.5 Å². The highest BCUT2D eigenvalue weighted by atomic mass is 32.2. The van der Waals surface area contributed by atoms with Crippen LogP contribution in [0.25, 0.3) is 0 Å². The van der Waals surface area contributed by atoms with E-state index >= 15 is 0 Å². The second-order valence-corrected chi connectivity index (χ2v) is 5.10. The Morgan fingerprint density at radius 3 is 2.76 bits per heavy atom. The molecule has 0 aliphatic rings. The fourth-order valence-corrected chi connectivity index (χ4v) is 2.26. The van der Waals surface area contributed by atoms with Gasteiger partial charge in [0.1, 0.15) is 6.54 Å². The van der Waals surface area contributed by atoms with Crippen molar-refractivity contribution in [3.63, 3.8) is 0 Å². The van der Waals surface area contributed by atoms with Gasteiger partial charge in [-0.2, -0.15) is 0 Å². The topological polar surface area (TPSA) is 66.4 Å². The van der Waals surface area contributed by atoms with Crippen LogP contribution in [0.4, 0.5) is 0 Å². The molecule has 0 bridgehead atoms. The van der Waals surface area contributed by atoms with E-state index in [2.05, 4.69) is 5.32 Å². The van der Waals surface area contributed by atoms with Crippen molar-refractivity contribution >= 4 is 23.6 Å². The first-order valence-corrected chi connectivity index (χ1v) is 6.10. The third-order valence-corrected chi connectivity index (χ3v) is 3.18. The van der Waals surface area contributed by atoms with Crippen LogP contribution < -0.4 is 5.32 Å². The number of nitrogens with one attached hydrogen (secondary N) is 1. The van der Waals surface area contributed by atoms with Gasteiger partial charge in [0.15, 0.2) is 0 Å². The zero-order valence-electron chi connectivity index (χ0n) is 9.77. The molecule has 1 aromatic carbocycles. The van der Waals surface area contributed by atoms with Gasteiger partial charge in [-0.1, -0.05) is 17.7 Å². The molecule has 0 spiro atoms. The Morgan fingerprint density at radius 1 is 1.47 bits per heavy atom. The highest BCUT2D eigenvalue weighted by Gasteiger charge is 2.14. The molecule has 1 amide bonds. The van der Waals surface area contributed by atoms with Crippen molar-refractivity contribution in [3.05, 3.63) is 29.8 Å². The molecule has 0 aromatic heterocycles. The van der Waals surface area contributed by atoms with Gasteiger partial charge in [0.2, 0.25) is 5.91 Å². The average molecular weight is 253 g/mol. The predicted octanol–water partition coefficient (Wildman–Crippen LogP) is 1.68. The van der Waals surface area contributed by atoms with E-state index in [1.165, 1.54) is 11.8 Å². The van der Waals surface area contributed by atoms with Gasteiger partial charge in [-0.15, -0.1) is 11.8 Å². The van der Waals surface area contributed by atoms with Crippen LogP contribution in [0.1, 0.15) is 12.5 Å². The number of thioether (sulfide) groups is 1. The number of amides is 1. The molecule has 0 heterocycles. The van der Waals surface area contributed by atoms with Crippen molar-refractivity contribution in [2.24, 2.45) is 0 Å². The summed E-state index contributed by atoms with van der Waals surface area (Å²) in [5.74, 6) is -1.30. The number of carboxylic acids is 1. The van der Waals surface area contributed by atoms with E-state index in [4.69, 9.17) is 5.11 Å². The minimum Gasteiger partial charge on any atom is -0.480 e. The molecule has 0 aliphatic carbocycles. The van der Waals surface area contributed by atoms with Gasteiger partial charge < -0.3 is 10.4 Å². The number of carbonyl (C=O) groups excluding carboxylic acids is 1. The molecule has 2 N–H and O–H groups in total. The summed E-state index contributed by atoms with van der Waals surface area (Å²) in [6, 6.07) is 7.84. The third-order valence-electron chi connectivity index (χ3n) is 2.09. The molecule has 1 aromatic rings. The van der Waals surface area contributed by atoms with Crippen molar-refractivity contribution in [1.29, 1.82) is 0 Å². The lowest BCUT2D eigenvalue weighted by molar-refractivity contribution is -0.137. The summed E-state index contributed by atoms with van der Waals surface area (Å²) in [7, 11) is 0. The fraction of sp³-hybridized carbons (Fsp3) is 0.333. The maximum atomic E-state index is 11.5. The molecule has 1 rings (SSSR count). The zero-order chi connectivity index (χ0) is 12.8. The molecule has 1 atom stereocenters. The van der Waals surface area contributed by atoms with E-state index in [9.17, 15) is 9.59 Å². The predicted molar refractivity (Wildman–Crippen MR) is 67.1 cm³/mol. The van der Waals surface area contributed by atoms with Gasteiger partial charge in [0, 0.05) is 4.90 Å². The van der Waals surface area contributed by atoms with E-state index in [-0.39, 0.29) is 17.7 Å². The summed E-state index contributed by atoms with van der Waals surface area (Å²) < 4.78 is 0. The van der Waals surface area contributed by atoms with Gasteiger partial charge in [-0.3, -0.25) is 9.59 Å². The quantitative estimate of drug-likeness (QED) is 0.783. The smallest absolute Gasteiger partial charge is 0.322 e. The van der Waals surface area contributed by atoms with E-state index in [1.54, 1.807) is 6.92 Å². The number of rotatable bonds is 5. The molecule has 0 saturated heterocycles. The first kappa shape index (κ1) is 13.6. The Morgan fingerprint density at radius 2 is 2.18 bits per heavy atom. The molecule has 4 nitrogen and oxygen atoms in total. The van der Waals surface area contributed by atoms with Crippen LogP contribution in [0.3, 0.4) is 0 Å². The molecule has 1 unspecified atom stereocenters. The molecule has 0 radical (unpaired) electrons. The average Bonchev–Trinajstić information content (AvgIpc) is 2.25. The normalized spacial score (nSPS) is 11.9. The van der Waals surface area contributed by atoms with Crippen LogP contribution in [0.5, 0.6) is 0 Å². The monoisotopic (exact) mass is 253 g/mol. The summed E-state index contributed by atoms with van der Waals surface area (Å²) in [5, 5.41) is 10.5. The number of carbonyl (C=O) groups is 2. The van der Waals surface area contributed by atoms with Crippen LogP contribution in [-0.4, -0.2) is 28.8 Å². The highest BCUT2D eigenvalue weighted by Crippen LogP contribution is 2.23. The number of hydrogen-bond donors (Lipinski definition) is 2. The second-order valence-electron chi connectivity index (χ2n) is 3.69. The largest absolute Gasteiger partial charge is 0.480 e. The second kappa shape index (κ2) is 6.30. The Kier molecular flexibility index (Phi) is 5.03. The Bertz CT molecular complexity index is 420. The summed E-state index contributed by atoms with van der Waals surface area (Å²) in [6.45, 7) is 3.40. The summed E-state index contributed by atoms with van der Waals surface area (Å²) in [6.07, 6.45) is 0. The number of aryl methyl sites for hydroxylation is 1. The summed E-state index contributed by atoms with van der Waals surface area (Å²) >= 11 is 1.41. The van der Waals surface area contributed by atoms with Gasteiger partial charge in [-0.25, -0.2) is 0 Å². The van der Waals surface area contributed by atoms with Crippen LogP contribution in [-0.2, 0) is 9.59 Å². The van der Waals surface area contributed by atoms with Crippen LogP contribution in [0, 0.1) is 6.92 Å². The van der Waals surface area contributed by atoms with Crippen molar-refractivity contribution < 1.29 is 14.7 Å². The zero-order valence-corrected chi connectivity index (χ0v) is 10.6. The maximum Gasteiger partial charge on any atom is 0.322 e. The lowest BCUT2D eigenvalue weighted by Gasteiger charge is -2.11. The SMILES string of the molecule is Cc1cccc(SC(C)C(=O)NCC(=O)O)c1. The molecule has 92 valence electrons. The number of aliphatic carboxylic acids is 1. The van der Waals surface area contributed by atoms with Gasteiger partial charge in [-0.05, 0) is 26.0 Å². The van der Waals surface area contributed by atoms with Crippen LogP contribution in [0.2, 0.25) is 0 Å². The molecular formula is C12H15NO3S. The van der Waals surface area contributed by atoms with E-state index < -0.39 is 5.97 Å². The fourth-order valence-electron chi connectivity index (χ4n) is 1.25. The van der Waals surface area contributed by atoms with Crippen LogP contribution in [0.15, 0.2) is 29.2 Å². The number of carboxylic acid groups (broad SMARTS) is 1. The number of benzene rings is 1. The van der Waals surface area contributed by atoms with Crippen molar-refractivity contribution in [2.75, 3.05) is 6.54 Å². The van der Waals surface area contributed by atoms with Gasteiger partial charge >= 0.3 is 5.97 Å². The van der Waals surface area contributed by atoms with Gasteiger partial charge in [0.05, 0.1) is 5.25 Å². The van der Waals surface area contributed by atoms with Crippen molar-refractivity contribution in [2.45, 2.75) is 24.0 Å². The van der Waals surface area contributed by atoms with E-state index in [0.29, 0.717) is 0 Å². The molecule has 0 fully saturated rings. The minimum atomic E-state index is -1.04. The third kappa shape index (κ3) is 4.91. The molecule has 5 heteroatoms. The van der Waals surface area contributed by atoms with Crippen molar-refractivity contribution in [1.82, 2.24) is 5.32 Å². The van der Waals surface area contributed by atoms with E-state index in [1.807, 2.05) is 31.2 Å². The molecular weight excluding hydrogens is 238 g/mol. The number of hydrogen-bond acceptors (Lipinski definition) is 3. The highest BCUT2D eigenvalue weighted by molar-refractivity contribution is 8.00. The Labute approximate surface area is 104 Å². The summed E-state index contributed by atoms with van der Waals surface area (Å²) in [5.41, 5.74) is 1.13. The van der Waals surface area contributed by atoms with Gasteiger partial charge in [0.25, 0.3) is 0 Å². The first-order valence-electron chi connectivity index (χ1n) is 5.22. The van der Waals surface area contributed by atoms with Crippen LogP contribution >= 0.6 is 11.8 Å². The molecule has 0 aliphatic heterocycles. The van der Waals surface area contributed by atoms with Crippen molar-refractivity contribution in [3.8, 4) is 0 Å². The molecule has 17 heavy (non-hydrogen) atoms. The standard InChI is InChI=1S/C12H15NO3S/c1-8-4-3-5-10(6-8)17-9(2)12(16)13-7-11(14)15/h3-6,9H,7H2,1-2H3,(H,13,16)(H,14,15). The maximum absolute atomic E-state index is 11.5.